The summed E-state index contributed by atoms with van der Waals surface area (Å²) in [5, 5.41) is 3.30. The first-order valence-electron chi connectivity index (χ1n) is 8.72. The summed E-state index contributed by atoms with van der Waals surface area (Å²) >= 11 is 1.36. The molecule has 1 N–H and O–H groups in total. The average molecular weight is 407 g/mol. The van der Waals surface area contributed by atoms with E-state index in [9.17, 15) is 18.0 Å². The largest absolute Gasteiger partial charge is 0.416 e. The molecule has 2 amide bonds. The summed E-state index contributed by atoms with van der Waals surface area (Å²) in [5.74, 6) is 0. The Balaban J connectivity index is 1.95. The molecule has 0 aromatic heterocycles. The summed E-state index contributed by atoms with van der Waals surface area (Å²) in [4.78, 5) is 18.6. The highest BCUT2D eigenvalue weighted by Gasteiger charge is 2.33. The van der Waals surface area contributed by atoms with E-state index in [1.165, 1.54) is 28.8 Å². The van der Waals surface area contributed by atoms with Crippen molar-refractivity contribution in [3.63, 3.8) is 0 Å². The zero-order valence-electron chi connectivity index (χ0n) is 15.7. The number of nitrogens with one attached hydrogen (secondary N) is 1. The van der Waals surface area contributed by atoms with Crippen molar-refractivity contribution in [1.29, 1.82) is 0 Å². The average Bonchev–Trinajstić information content (AvgIpc) is 3.04. The van der Waals surface area contributed by atoms with Crippen molar-refractivity contribution >= 4 is 34.3 Å². The quantitative estimate of drug-likeness (QED) is 0.678. The van der Waals surface area contributed by atoms with Crippen LogP contribution in [0.1, 0.15) is 23.6 Å². The number of carbonyl (C=O) groups is 1. The summed E-state index contributed by atoms with van der Waals surface area (Å²) < 4.78 is 39.4. The molecule has 0 saturated carbocycles. The van der Waals surface area contributed by atoms with Gasteiger partial charge in [0.1, 0.15) is 0 Å². The third-order valence-corrected chi connectivity index (χ3v) is 5.45. The number of hydrogen-bond donors (Lipinski definition) is 1. The summed E-state index contributed by atoms with van der Waals surface area (Å²) in [6, 6.07) is 9.62. The maximum atomic E-state index is 13.1. The lowest BCUT2D eigenvalue weighted by Crippen LogP contribution is -2.38. The van der Waals surface area contributed by atoms with Gasteiger partial charge in [-0.25, -0.2) is 9.69 Å². The molecule has 0 saturated heterocycles. The van der Waals surface area contributed by atoms with E-state index in [0.29, 0.717) is 17.4 Å². The first kappa shape index (κ1) is 20.3. The first-order chi connectivity index (χ1) is 13.1. The normalized spacial score (nSPS) is 16.6. The topological polar surface area (TPSA) is 44.7 Å². The lowest BCUT2D eigenvalue weighted by atomic mass is 10.1. The van der Waals surface area contributed by atoms with Gasteiger partial charge in [0.05, 0.1) is 17.8 Å². The Hall–Kier alpha value is -2.48. The van der Waals surface area contributed by atoms with Crippen LogP contribution in [0, 0.1) is 13.8 Å². The number of hydrogen-bond acceptors (Lipinski definition) is 3. The third kappa shape index (κ3) is 4.49. The first-order valence-corrected chi connectivity index (χ1v) is 9.60. The van der Waals surface area contributed by atoms with Gasteiger partial charge in [0.2, 0.25) is 0 Å². The van der Waals surface area contributed by atoms with Gasteiger partial charge in [-0.2, -0.15) is 13.2 Å². The number of halogens is 3. The van der Waals surface area contributed by atoms with Crippen molar-refractivity contribution in [2.45, 2.75) is 32.2 Å². The van der Waals surface area contributed by atoms with Crippen LogP contribution in [0.25, 0.3) is 0 Å². The van der Waals surface area contributed by atoms with Crippen LogP contribution in [0.15, 0.2) is 47.5 Å². The molecule has 0 spiro atoms. The number of urea groups is 1. The van der Waals surface area contributed by atoms with Crippen LogP contribution in [0.2, 0.25) is 0 Å². The van der Waals surface area contributed by atoms with E-state index >= 15 is 0 Å². The minimum Gasteiger partial charge on any atom is -0.307 e. The van der Waals surface area contributed by atoms with E-state index < -0.39 is 17.8 Å². The predicted octanol–water partition coefficient (Wildman–Crippen LogP) is 5.85. The van der Waals surface area contributed by atoms with Crippen molar-refractivity contribution in [3.8, 4) is 0 Å². The minimum absolute atomic E-state index is 0.122. The summed E-state index contributed by atoms with van der Waals surface area (Å²) in [5.41, 5.74) is 1.96. The van der Waals surface area contributed by atoms with Crippen molar-refractivity contribution < 1.29 is 18.0 Å². The molecule has 1 aliphatic rings. The molecule has 1 heterocycles. The highest BCUT2D eigenvalue weighted by Crippen LogP contribution is 2.34. The Kier molecular flexibility index (Phi) is 5.69. The maximum Gasteiger partial charge on any atom is 0.416 e. The molecular formula is C20H20F3N3OS. The van der Waals surface area contributed by atoms with Gasteiger partial charge in [0, 0.05) is 10.9 Å². The van der Waals surface area contributed by atoms with Gasteiger partial charge in [0.15, 0.2) is 5.17 Å². The molecule has 0 aliphatic carbocycles. The Bertz CT molecular complexity index is 927. The molecule has 1 aliphatic heterocycles. The van der Waals surface area contributed by atoms with Crippen LogP contribution in [0.5, 0.6) is 0 Å². The lowest BCUT2D eigenvalue weighted by molar-refractivity contribution is -0.137. The standard InChI is InChI=1S/C20H20F3N3OS/c1-12-7-8-16(9-13(12)2)25-18(27)26(19-24-11-14(3)28-19)17-6-4-5-15(10-17)20(21,22)23/h4-10,14H,11H2,1-3H3,(H,25,27)/t14-/m0/s1. The van der Waals surface area contributed by atoms with Crippen molar-refractivity contribution in [2.24, 2.45) is 4.99 Å². The van der Waals surface area contributed by atoms with Gasteiger partial charge in [0.25, 0.3) is 0 Å². The Morgan fingerprint density at radius 2 is 1.93 bits per heavy atom. The number of anilines is 2. The fourth-order valence-corrected chi connectivity index (χ4v) is 3.67. The van der Waals surface area contributed by atoms with Gasteiger partial charge in [-0.1, -0.05) is 30.8 Å². The van der Waals surface area contributed by atoms with Gasteiger partial charge in [-0.15, -0.1) is 0 Å². The molecule has 4 nitrogen and oxygen atoms in total. The third-order valence-electron chi connectivity index (χ3n) is 4.37. The molecule has 0 unspecified atom stereocenters. The molecule has 2 aromatic carbocycles. The van der Waals surface area contributed by atoms with E-state index in [2.05, 4.69) is 10.3 Å². The summed E-state index contributed by atoms with van der Waals surface area (Å²) in [7, 11) is 0. The maximum absolute atomic E-state index is 13.1. The highest BCUT2D eigenvalue weighted by atomic mass is 32.2. The molecule has 0 bridgehead atoms. The monoisotopic (exact) mass is 407 g/mol. The smallest absolute Gasteiger partial charge is 0.307 e. The number of rotatable bonds is 2. The predicted molar refractivity (Wildman–Crippen MR) is 108 cm³/mol. The second kappa shape index (κ2) is 7.87. The van der Waals surface area contributed by atoms with E-state index in [4.69, 9.17) is 0 Å². The summed E-state index contributed by atoms with van der Waals surface area (Å²) in [6.45, 7) is 6.34. The lowest BCUT2D eigenvalue weighted by Gasteiger charge is -2.24. The molecule has 28 heavy (non-hydrogen) atoms. The number of amides is 2. The van der Waals surface area contributed by atoms with Crippen LogP contribution in [-0.2, 0) is 6.18 Å². The van der Waals surface area contributed by atoms with E-state index in [0.717, 1.165) is 23.3 Å². The van der Waals surface area contributed by atoms with Gasteiger partial charge in [-0.3, -0.25) is 4.99 Å². The molecule has 1 atom stereocenters. The van der Waals surface area contributed by atoms with E-state index in [1.54, 1.807) is 6.07 Å². The van der Waals surface area contributed by atoms with Gasteiger partial charge in [-0.05, 0) is 55.3 Å². The van der Waals surface area contributed by atoms with Crippen LogP contribution in [0.4, 0.5) is 29.3 Å². The van der Waals surface area contributed by atoms with Gasteiger partial charge >= 0.3 is 12.2 Å². The minimum atomic E-state index is -4.50. The van der Waals surface area contributed by atoms with E-state index in [1.807, 2.05) is 32.9 Å². The van der Waals surface area contributed by atoms with Crippen LogP contribution >= 0.6 is 11.8 Å². The number of carbonyl (C=O) groups excluding carboxylic acids is 1. The molecule has 3 rings (SSSR count). The number of amidine groups is 1. The van der Waals surface area contributed by atoms with Crippen molar-refractivity contribution in [2.75, 3.05) is 16.8 Å². The fourth-order valence-electron chi connectivity index (χ4n) is 2.72. The molecule has 0 radical (unpaired) electrons. The zero-order chi connectivity index (χ0) is 20.5. The number of aryl methyl sites for hydroxylation is 2. The van der Waals surface area contributed by atoms with Gasteiger partial charge < -0.3 is 5.32 Å². The zero-order valence-corrected chi connectivity index (χ0v) is 16.5. The second-order valence-corrected chi connectivity index (χ2v) is 8.07. The number of alkyl halides is 3. The second-order valence-electron chi connectivity index (χ2n) is 6.66. The molecule has 8 heteroatoms. The van der Waals surface area contributed by atoms with Crippen molar-refractivity contribution in [3.05, 3.63) is 59.2 Å². The van der Waals surface area contributed by atoms with Crippen molar-refractivity contribution in [1.82, 2.24) is 0 Å². The highest BCUT2D eigenvalue weighted by molar-refractivity contribution is 8.15. The Labute approximate surface area is 165 Å². The van der Waals surface area contributed by atoms with Crippen LogP contribution < -0.4 is 10.2 Å². The fraction of sp³-hybridized carbons (Fsp3) is 0.300. The molecule has 148 valence electrons. The molecule has 0 fully saturated rings. The van der Waals surface area contributed by atoms with Crippen LogP contribution in [0.3, 0.4) is 0 Å². The molecule has 2 aromatic rings. The SMILES string of the molecule is Cc1ccc(NC(=O)N(C2=NC[C@H](C)S2)c2cccc(C(F)(F)F)c2)cc1C. The number of benzene rings is 2. The van der Waals surface area contributed by atoms with Crippen LogP contribution in [-0.4, -0.2) is 23.0 Å². The Morgan fingerprint density at radius 3 is 2.54 bits per heavy atom. The van der Waals surface area contributed by atoms with E-state index in [-0.39, 0.29) is 10.9 Å². The Morgan fingerprint density at radius 1 is 1.18 bits per heavy atom. The number of nitrogens with zero attached hydrogens (tertiary/aromatic N) is 2. The number of thioether (sulfide) groups is 1. The molecular weight excluding hydrogens is 387 g/mol. The summed E-state index contributed by atoms with van der Waals surface area (Å²) in [6.07, 6.45) is -4.50. The number of aliphatic imine (C=N–C) groups is 1.